The third-order valence-electron chi connectivity index (χ3n) is 6.01. The zero-order chi connectivity index (χ0) is 25.9. The van der Waals surface area contributed by atoms with Crippen molar-refractivity contribution in [2.24, 2.45) is 0 Å². The highest BCUT2D eigenvalue weighted by molar-refractivity contribution is 6.30. The van der Waals surface area contributed by atoms with Gasteiger partial charge in [-0.05, 0) is 70.0 Å². The van der Waals surface area contributed by atoms with Gasteiger partial charge in [0.25, 0.3) is 5.91 Å². The van der Waals surface area contributed by atoms with Gasteiger partial charge in [0.05, 0.1) is 35.9 Å². The minimum Gasteiger partial charge on any atom is -0.495 e. The number of rotatable bonds is 5. The number of halogens is 1. The average molecular weight is 511 g/mol. The van der Waals surface area contributed by atoms with Gasteiger partial charge in [-0.15, -0.1) is 0 Å². The molecule has 1 aromatic heterocycles. The summed E-state index contributed by atoms with van der Waals surface area (Å²) in [5.41, 5.74) is 2.11. The molecule has 190 valence electrons. The van der Waals surface area contributed by atoms with E-state index in [1.807, 2.05) is 45.0 Å². The van der Waals surface area contributed by atoms with Crippen molar-refractivity contribution in [1.29, 1.82) is 0 Å². The van der Waals surface area contributed by atoms with Gasteiger partial charge in [0.1, 0.15) is 11.4 Å². The minimum atomic E-state index is -0.551. The first-order valence-corrected chi connectivity index (χ1v) is 12.3. The van der Waals surface area contributed by atoms with Crippen LogP contribution in [0, 0.1) is 0 Å². The highest BCUT2D eigenvalue weighted by Gasteiger charge is 2.32. The largest absolute Gasteiger partial charge is 0.495 e. The highest BCUT2D eigenvalue weighted by atomic mass is 35.5. The molecule has 0 bridgehead atoms. The molecular formula is C27H31ClN4O4. The van der Waals surface area contributed by atoms with E-state index in [0.717, 1.165) is 11.4 Å². The minimum absolute atomic E-state index is 0.0142. The van der Waals surface area contributed by atoms with Crippen molar-refractivity contribution < 1.29 is 19.1 Å². The second-order valence-electron chi connectivity index (χ2n) is 9.73. The summed E-state index contributed by atoms with van der Waals surface area (Å²) in [6.45, 7) is 6.62. The molecule has 2 amide bonds. The Hall–Kier alpha value is -3.52. The van der Waals surface area contributed by atoms with E-state index in [-0.39, 0.29) is 17.9 Å². The summed E-state index contributed by atoms with van der Waals surface area (Å²) in [5.74, 6) is 0.313. The van der Waals surface area contributed by atoms with Crippen LogP contribution in [0.1, 0.15) is 55.6 Å². The number of carbonyl (C=O) groups is 2. The normalized spacial score (nSPS) is 14.4. The number of benzene rings is 2. The molecule has 0 aliphatic carbocycles. The molecule has 0 spiro atoms. The SMILES string of the molecule is COc1ccccc1NC(=O)c1cnn(-c2ccc(Cl)cc2)c1C1CCN(C(=O)OC(C)(C)C)CC1. The molecule has 1 fully saturated rings. The van der Waals surface area contributed by atoms with Crippen LogP contribution in [-0.2, 0) is 4.74 Å². The number of aromatic nitrogens is 2. The van der Waals surface area contributed by atoms with Crippen molar-refractivity contribution in [3.05, 3.63) is 71.0 Å². The maximum atomic E-state index is 13.4. The first-order valence-electron chi connectivity index (χ1n) is 11.9. The van der Waals surface area contributed by atoms with Crippen molar-refractivity contribution >= 4 is 29.3 Å². The Morgan fingerprint density at radius 1 is 1.06 bits per heavy atom. The standard InChI is InChI=1S/C27H31ClN4O4/c1-27(2,3)36-26(34)31-15-13-18(14-16-31)24-21(17-29-32(24)20-11-9-19(28)10-12-20)25(33)30-22-7-5-6-8-23(22)35-4/h5-12,17-18H,13-16H2,1-4H3,(H,30,33). The first kappa shape index (κ1) is 25.6. The summed E-state index contributed by atoms with van der Waals surface area (Å²) in [4.78, 5) is 27.7. The van der Waals surface area contributed by atoms with Crippen LogP contribution in [0.3, 0.4) is 0 Å². The Balaban J connectivity index is 1.62. The molecule has 1 aliphatic rings. The van der Waals surface area contributed by atoms with Crippen LogP contribution in [0.2, 0.25) is 5.02 Å². The second-order valence-corrected chi connectivity index (χ2v) is 10.2. The Bertz CT molecular complexity index is 1230. The molecule has 1 saturated heterocycles. The van der Waals surface area contributed by atoms with Gasteiger partial charge in [-0.3, -0.25) is 4.79 Å². The summed E-state index contributed by atoms with van der Waals surface area (Å²) in [5, 5.41) is 8.15. The van der Waals surface area contributed by atoms with Crippen molar-refractivity contribution in [2.45, 2.75) is 45.1 Å². The fraction of sp³-hybridized carbons (Fsp3) is 0.370. The fourth-order valence-corrected chi connectivity index (χ4v) is 4.44. The highest BCUT2D eigenvalue weighted by Crippen LogP contribution is 2.34. The lowest BCUT2D eigenvalue weighted by atomic mass is 9.90. The van der Waals surface area contributed by atoms with Crippen LogP contribution < -0.4 is 10.1 Å². The van der Waals surface area contributed by atoms with Gasteiger partial charge < -0.3 is 19.7 Å². The van der Waals surface area contributed by atoms with Crippen LogP contribution in [0.15, 0.2) is 54.7 Å². The zero-order valence-electron chi connectivity index (χ0n) is 21.0. The number of piperidine rings is 1. The van der Waals surface area contributed by atoms with Crippen LogP contribution in [-0.4, -0.2) is 52.5 Å². The second kappa shape index (κ2) is 10.6. The van der Waals surface area contributed by atoms with Crippen molar-refractivity contribution in [3.63, 3.8) is 0 Å². The number of nitrogens with one attached hydrogen (secondary N) is 1. The Morgan fingerprint density at radius 2 is 1.72 bits per heavy atom. The summed E-state index contributed by atoms with van der Waals surface area (Å²) in [6.07, 6.45) is 2.62. The topological polar surface area (TPSA) is 85.7 Å². The van der Waals surface area contributed by atoms with Gasteiger partial charge in [-0.1, -0.05) is 23.7 Å². The van der Waals surface area contributed by atoms with Crippen LogP contribution >= 0.6 is 11.6 Å². The smallest absolute Gasteiger partial charge is 0.410 e. The van der Waals surface area contributed by atoms with Crippen LogP contribution in [0.5, 0.6) is 5.75 Å². The summed E-state index contributed by atoms with van der Waals surface area (Å²) >= 11 is 6.10. The number of hydrogen-bond acceptors (Lipinski definition) is 5. The number of anilines is 1. The van der Waals surface area contributed by atoms with Gasteiger partial charge in [-0.2, -0.15) is 5.10 Å². The maximum Gasteiger partial charge on any atom is 0.410 e. The van der Waals surface area contributed by atoms with Crippen LogP contribution in [0.4, 0.5) is 10.5 Å². The molecule has 3 aromatic rings. The van der Waals surface area contributed by atoms with Gasteiger partial charge >= 0.3 is 6.09 Å². The molecule has 9 heteroatoms. The van der Waals surface area contributed by atoms with Gasteiger partial charge in [0.15, 0.2) is 0 Å². The molecule has 0 atom stereocenters. The molecule has 1 aliphatic heterocycles. The van der Waals surface area contributed by atoms with Crippen molar-refractivity contribution in [2.75, 3.05) is 25.5 Å². The fourth-order valence-electron chi connectivity index (χ4n) is 4.31. The number of para-hydroxylation sites is 2. The Kier molecular flexibility index (Phi) is 7.54. The lowest BCUT2D eigenvalue weighted by molar-refractivity contribution is 0.0203. The predicted octanol–water partition coefficient (Wildman–Crippen LogP) is 5.90. The summed E-state index contributed by atoms with van der Waals surface area (Å²) < 4.78 is 12.7. The van der Waals surface area contributed by atoms with Crippen molar-refractivity contribution in [3.8, 4) is 11.4 Å². The van der Waals surface area contributed by atoms with E-state index in [0.29, 0.717) is 48.0 Å². The van der Waals surface area contributed by atoms with E-state index in [2.05, 4.69) is 10.4 Å². The van der Waals surface area contributed by atoms with Gasteiger partial charge in [-0.25, -0.2) is 9.48 Å². The number of methoxy groups -OCH3 is 1. The number of ether oxygens (including phenoxy) is 2. The van der Waals surface area contributed by atoms with E-state index < -0.39 is 5.60 Å². The van der Waals surface area contributed by atoms with Crippen LogP contribution in [0.25, 0.3) is 5.69 Å². The van der Waals surface area contributed by atoms with E-state index in [1.165, 1.54) is 0 Å². The monoisotopic (exact) mass is 510 g/mol. The maximum absolute atomic E-state index is 13.4. The first-order chi connectivity index (χ1) is 17.2. The third kappa shape index (κ3) is 5.82. The molecule has 4 rings (SSSR count). The summed E-state index contributed by atoms with van der Waals surface area (Å²) in [6, 6.07) is 14.6. The van der Waals surface area contributed by atoms with E-state index in [4.69, 9.17) is 21.1 Å². The number of hydrogen-bond donors (Lipinski definition) is 1. The lowest BCUT2D eigenvalue weighted by Crippen LogP contribution is -2.41. The number of nitrogens with zero attached hydrogens (tertiary/aromatic N) is 3. The predicted molar refractivity (Wildman–Crippen MR) is 139 cm³/mol. The van der Waals surface area contributed by atoms with E-state index >= 15 is 0 Å². The molecule has 8 nitrogen and oxygen atoms in total. The molecule has 36 heavy (non-hydrogen) atoms. The Labute approximate surface area is 216 Å². The van der Waals surface area contributed by atoms with Crippen molar-refractivity contribution in [1.82, 2.24) is 14.7 Å². The van der Waals surface area contributed by atoms with Gasteiger partial charge in [0.2, 0.25) is 0 Å². The molecule has 0 unspecified atom stereocenters. The number of carbonyl (C=O) groups excluding carboxylic acids is 2. The zero-order valence-corrected chi connectivity index (χ0v) is 21.7. The average Bonchev–Trinajstić information content (AvgIpc) is 3.29. The molecule has 0 saturated carbocycles. The molecule has 2 aromatic carbocycles. The molecule has 2 heterocycles. The number of likely N-dealkylation sites (tertiary alicyclic amines) is 1. The lowest BCUT2D eigenvalue weighted by Gasteiger charge is -2.34. The van der Waals surface area contributed by atoms with E-state index in [9.17, 15) is 9.59 Å². The molecule has 1 N–H and O–H groups in total. The Morgan fingerprint density at radius 3 is 2.36 bits per heavy atom. The third-order valence-corrected chi connectivity index (χ3v) is 6.26. The quantitative estimate of drug-likeness (QED) is 0.461. The molecular weight excluding hydrogens is 480 g/mol. The summed E-state index contributed by atoms with van der Waals surface area (Å²) in [7, 11) is 1.56. The molecule has 0 radical (unpaired) electrons. The van der Waals surface area contributed by atoms with E-state index in [1.54, 1.807) is 47.2 Å². The number of amides is 2. The van der Waals surface area contributed by atoms with Gasteiger partial charge in [0, 0.05) is 24.0 Å².